The predicted molar refractivity (Wildman–Crippen MR) is 91.2 cm³/mol. The summed E-state index contributed by atoms with van der Waals surface area (Å²) in [5.41, 5.74) is 20.8. The lowest BCUT2D eigenvalue weighted by Crippen LogP contribution is -2.29. The van der Waals surface area contributed by atoms with E-state index in [0.29, 0.717) is 25.9 Å². The molecule has 0 bridgehead atoms. The summed E-state index contributed by atoms with van der Waals surface area (Å²) in [4.78, 5) is 20.3. The standard InChI is InChI=1S/2C6H14N2O2.H2O4S/c2*7-4-2-1-3-5(8)6(9)10;1-5(2,3)4/h2*5H,1-4,7-8H2,(H,9,10);(H2,1,2,3,4)/t2*5-;/m00./s1. The van der Waals surface area contributed by atoms with Crippen LogP contribution >= 0.6 is 0 Å². The fraction of sp³-hybridized carbons (Fsp3) is 0.833. The van der Waals surface area contributed by atoms with Crippen LogP contribution in [0.25, 0.3) is 0 Å². The van der Waals surface area contributed by atoms with Crippen molar-refractivity contribution in [1.82, 2.24) is 0 Å². The highest BCUT2D eigenvalue weighted by molar-refractivity contribution is 7.79. The molecule has 0 saturated carbocycles. The number of hydrogen-bond donors (Lipinski definition) is 8. The summed E-state index contributed by atoms with van der Waals surface area (Å²) < 4.78 is 31.6. The van der Waals surface area contributed by atoms with Crippen LogP contribution in [-0.4, -0.2) is 64.8 Å². The van der Waals surface area contributed by atoms with E-state index in [2.05, 4.69) is 0 Å². The number of carboxylic acid groups (broad SMARTS) is 2. The van der Waals surface area contributed by atoms with Gasteiger partial charge in [0, 0.05) is 0 Å². The van der Waals surface area contributed by atoms with Crippen LogP contribution in [0.5, 0.6) is 0 Å². The Morgan fingerprint density at radius 2 is 1.00 bits per heavy atom. The fourth-order valence-electron chi connectivity index (χ4n) is 1.26. The topological polar surface area (TPSA) is 253 Å². The molecule has 152 valence electrons. The highest BCUT2D eigenvalue weighted by atomic mass is 32.3. The smallest absolute Gasteiger partial charge is 0.394 e. The summed E-state index contributed by atoms with van der Waals surface area (Å²) in [6, 6.07) is -1.43. The lowest BCUT2D eigenvalue weighted by molar-refractivity contribution is -0.139. The molecule has 0 fully saturated rings. The van der Waals surface area contributed by atoms with Gasteiger partial charge in [-0.15, -0.1) is 0 Å². The fourth-order valence-corrected chi connectivity index (χ4v) is 1.26. The molecule has 0 radical (unpaired) electrons. The van der Waals surface area contributed by atoms with Crippen molar-refractivity contribution in [3.63, 3.8) is 0 Å². The van der Waals surface area contributed by atoms with Gasteiger partial charge in [-0.2, -0.15) is 8.42 Å². The number of unbranched alkanes of at least 4 members (excludes halogenated alkanes) is 2. The molecular weight excluding hydrogens is 360 g/mol. The van der Waals surface area contributed by atoms with Crippen molar-refractivity contribution in [3.8, 4) is 0 Å². The Morgan fingerprint density at radius 1 is 0.760 bits per heavy atom. The zero-order chi connectivity index (χ0) is 20.5. The largest absolute Gasteiger partial charge is 0.480 e. The average molecular weight is 390 g/mol. The van der Waals surface area contributed by atoms with Gasteiger partial charge in [-0.1, -0.05) is 12.8 Å². The molecule has 12 nitrogen and oxygen atoms in total. The summed E-state index contributed by atoms with van der Waals surface area (Å²) in [5.74, 6) is -1.87. The lowest BCUT2D eigenvalue weighted by Gasteiger charge is -2.03. The highest BCUT2D eigenvalue weighted by Gasteiger charge is 2.09. The second-order valence-corrected chi connectivity index (χ2v) is 5.80. The van der Waals surface area contributed by atoms with Gasteiger partial charge in [0.1, 0.15) is 12.1 Å². The number of hydrogen-bond acceptors (Lipinski definition) is 8. The summed E-state index contributed by atoms with van der Waals surface area (Å²) in [6.07, 6.45) is 4.33. The van der Waals surface area contributed by atoms with Crippen molar-refractivity contribution < 1.29 is 37.3 Å². The van der Waals surface area contributed by atoms with E-state index in [4.69, 9.17) is 50.7 Å². The molecule has 0 aromatic heterocycles. The lowest BCUT2D eigenvalue weighted by atomic mass is 10.1. The second-order valence-electron chi connectivity index (χ2n) is 4.91. The number of aliphatic carboxylic acids is 2. The van der Waals surface area contributed by atoms with E-state index in [1.165, 1.54) is 0 Å². The molecule has 0 saturated heterocycles. The summed E-state index contributed by atoms with van der Waals surface area (Å²) in [5, 5.41) is 16.7. The van der Waals surface area contributed by atoms with E-state index in [1.807, 2.05) is 0 Å². The van der Waals surface area contributed by atoms with Crippen LogP contribution in [0.2, 0.25) is 0 Å². The minimum absolute atomic E-state index is 0.520. The minimum atomic E-state index is -4.67. The molecule has 0 aliphatic heterocycles. The summed E-state index contributed by atoms with van der Waals surface area (Å²) >= 11 is 0. The molecule has 0 amide bonds. The van der Waals surface area contributed by atoms with Crippen molar-refractivity contribution in [3.05, 3.63) is 0 Å². The van der Waals surface area contributed by atoms with Crippen molar-refractivity contribution in [2.75, 3.05) is 13.1 Å². The molecular formula is C12H30N4O8S. The molecule has 0 spiro atoms. The van der Waals surface area contributed by atoms with Crippen LogP contribution in [0, 0.1) is 0 Å². The van der Waals surface area contributed by atoms with Crippen LogP contribution in [0.3, 0.4) is 0 Å². The summed E-state index contributed by atoms with van der Waals surface area (Å²) in [6.45, 7) is 1.21. The number of carbonyl (C=O) groups is 2. The third-order valence-corrected chi connectivity index (χ3v) is 2.57. The molecule has 0 rings (SSSR count). The van der Waals surface area contributed by atoms with Gasteiger partial charge in [-0.25, -0.2) is 0 Å². The van der Waals surface area contributed by atoms with E-state index < -0.39 is 34.4 Å². The van der Waals surface area contributed by atoms with Crippen LogP contribution in [0.15, 0.2) is 0 Å². The maximum absolute atomic E-state index is 10.1. The maximum Gasteiger partial charge on any atom is 0.394 e. The van der Waals surface area contributed by atoms with Gasteiger partial charge in [0.2, 0.25) is 0 Å². The van der Waals surface area contributed by atoms with E-state index in [0.717, 1.165) is 25.7 Å². The zero-order valence-corrected chi connectivity index (χ0v) is 14.8. The first-order valence-electron chi connectivity index (χ1n) is 7.43. The van der Waals surface area contributed by atoms with E-state index in [1.54, 1.807) is 0 Å². The Hall–Kier alpha value is -1.35. The van der Waals surface area contributed by atoms with E-state index >= 15 is 0 Å². The molecule has 2 atom stereocenters. The van der Waals surface area contributed by atoms with Gasteiger partial charge in [-0.3, -0.25) is 18.7 Å². The normalized spacial score (nSPS) is 12.7. The first kappa shape index (κ1) is 28.5. The Bertz CT molecular complexity index is 412. The second kappa shape index (κ2) is 17.5. The Labute approximate surface area is 147 Å². The van der Waals surface area contributed by atoms with Crippen LogP contribution in [0.4, 0.5) is 0 Å². The van der Waals surface area contributed by atoms with Gasteiger partial charge in [0.05, 0.1) is 0 Å². The zero-order valence-electron chi connectivity index (χ0n) is 14.0. The SMILES string of the molecule is NCCCC[C@H](N)C(=O)O.NCCCC[C@H](N)C(=O)O.O=S(=O)(O)O. The molecule has 12 N–H and O–H groups in total. The van der Waals surface area contributed by atoms with Crippen LogP contribution in [-0.2, 0) is 20.0 Å². The number of rotatable bonds is 10. The minimum Gasteiger partial charge on any atom is -0.480 e. The third-order valence-electron chi connectivity index (χ3n) is 2.57. The van der Waals surface area contributed by atoms with Crippen molar-refractivity contribution in [2.24, 2.45) is 22.9 Å². The van der Waals surface area contributed by atoms with Crippen molar-refractivity contribution in [1.29, 1.82) is 0 Å². The third kappa shape index (κ3) is 34.8. The quantitative estimate of drug-likeness (QED) is 0.155. The van der Waals surface area contributed by atoms with Gasteiger partial charge in [-0.05, 0) is 38.8 Å². The number of carboxylic acids is 2. The van der Waals surface area contributed by atoms with E-state index in [9.17, 15) is 9.59 Å². The first-order valence-corrected chi connectivity index (χ1v) is 8.83. The van der Waals surface area contributed by atoms with E-state index in [-0.39, 0.29) is 0 Å². The van der Waals surface area contributed by atoms with Crippen molar-refractivity contribution in [2.45, 2.75) is 50.6 Å². The molecule has 0 unspecified atom stereocenters. The highest BCUT2D eigenvalue weighted by Crippen LogP contribution is 1.97. The average Bonchev–Trinajstić information content (AvgIpc) is 2.46. The predicted octanol–water partition coefficient (Wildman–Crippen LogP) is -1.60. The molecule has 0 aliphatic rings. The molecule has 0 aromatic carbocycles. The van der Waals surface area contributed by atoms with Gasteiger partial charge < -0.3 is 33.1 Å². The first-order chi connectivity index (χ1) is 11.4. The van der Waals surface area contributed by atoms with Gasteiger partial charge >= 0.3 is 22.3 Å². The Kier molecular flexibility index (Phi) is 19.9. The van der Waals surface area contributed by atoms with Crippen LogP contribution in [0.1, 0.15) is 38.5 Å². The molecule has 25 heavy (non-hydrogen) atoms. The molecule has 13 heteroatoms. The summed E-state index contributed by atoms with van der Waals surface area (Å²) in [7, 11) is -4.67. The van der Waals surface area contributed by atoms with Gasteiger partial charge in [0.25, 0.3) is 0 Å². The maximum atomic E-state index is 10.1. The van der Waals surface area contributed by atoms with Gasteiger partial charge in [0.15, 0.2) is 0 Å². The van der Waals surface area contributed by atoms with Crippen LogP contribution < -0.4 is 22.9 Å². The van der Waals surface area contributed by atoms with Crippen molar-refractivity contribution >= 4 is 22.3 Å². The Balaban J connectivity index is -0.000000308. The molecule has 0 aliphatic carbocycles. The number of nitrogens with two attached hydrogens (primary N) is 4. The molecule has 0 heterocycles. The molecule has 0 aromatic rings. The monoisotopic (exact) mass is 390 g/mol. The Morgan fingerprint density at radius 3 is 1.16 bits per heavy atom.